The van der Waals surface area contributed by atoms with Gasteiger partial charge in [-0.3, -0.25) is 4.79 Å². The van der Waals surface area contributed by atoms with Gasteiger partial charge in [-0.1, -0.05) is 19.1 Å². The van der Waals surface area contributed by atoms with Crippen LogP contribution >= 0.6 is 11.8 Å². The standard InChI is InChI=1S/C17H21NO3S/c1-4-13-6-8-14(9-7-13)17-18-15(12(3)21-17)10-22-11-16(19)20-5-2/h6-9H,4-5,10-11H2,1-3H3. The van der Waals surface area contributed by atoms with E-state index in [1.807, 2.05) is 19.1 Å². The van der Waals surface area contributed by atoms with Crippen LogP contribution < -0.4 is 0 Å². The van der Waals surface area contributed by atoms with Crippen molar-refractivity contribution >= 4 is 17.7 Å². The van der Waals surface area contributed by atoms with Crippen LogP contribution in [0.5, 0.6) is 0 Å². The van der Waals surface area contributed by atoms with Crippen molar-refractivity contribution in [1.29, 1.82) is 0 Å². The van der Waals surface area contributed by atoms with Gasteiger partial charge >= 0.3 is 5.97 Å². The Hall–Kier alpha value is -1.75. The summed E-state index contributed by atoms with van der Waals surface area (Å²) >= 11 is 1.49. The van der Waals surface area contributed by atoms with Gasteiger partial charge in [0.05, 0.1) is 18.1 Å². The second-order valence-corrected chi connectivity index (χ2v) is 5.86. The van der Waals surface area contributed by atoms with E-state index in [1.54, 1.807) is 6.92 Å². The average molecular weight is 319 g/mol. The molecule has 118 valence electrons. The van der Waals surface area contributed by atoms with E-state index >= 15 is 0 Å². The van der Waals surface area contributed by atoms with Gasteiger partial charge < -0.3 is 9.15 Å². The lowest BCUT2D eigenvalue weighted by atomic mass is 10.1. The summed E-state index contributed by atoms with van der Waals surface area (Å²) in [6.45, 7) is 6.25. The number of ether oxygens (including phenoxy) is 1. The quantitative estimate of drug-likeness (QED) is 0.722. The molecular weight excluding hydrogens is 298 g/mol. The lowest BCUT2D eigenvalue weighted by molar-refractivity contribution is -0.139. The molecule has 0 atom stereocenters. The summed E-state index contributed by atoms with van der Waals surface area (Å²) in [5.41, 5.74) is 3.14. The predicted molar refractivity (Wildman–Crippen MR) is 88.8 cm³/mol. The number of carbonyl (C=O) groups excluding carboxylic acids is 1. The van der Waals surface area contributed by atoms with E-state index in [2.05, 4.69) is 24.0 Å². The Kier molecular flexibility index (Phi) is 6.07. The number of rotatable bonds is 7. The molecule has 0 fully saturated rings. The van der Waals surface area contributed by atoms with Crippen molar-refractivity contribution < 1.29 is 13.9 Å². The van der Waals surface area contributed by atoms with Gasteiger partial charge in [0.2, 0.25) is 5.89 Å². The molecule has 0 spiro atoms. The lowest BCUT2D eigenvalue weighted by Gasteiger charge is -2.00. The van der Waals surface area contributed by atoms with E-state index in [4.69, 9.17) is 9.15 Å². The first-order valence-corrected chi connectivity index (χ1v) is 8.58. The van der Waals surface area contributed by atoms with E-state index < -0.39 is 0 Å². The molecule has 2 aromatic rings. The maximum Gasteiger partial charge on any atom is 0.315 e. The highest BCUT2D eigenvalue weighted by molar-refractivity contribution is 7.99. The molecule has 0 aliphatic heterocycles. The van der Waals surface area contributed by atoms with Crippen LogP contribution in [0.2, 0.25) is 0 Å². The van der Waals surface area contributed by atoms with Gasteiger partial charge in [-0.15, -0.1) is 11.8 Å². The van der Waals surface area contributed by atoms with Crippen LogP contribution in [-0.4, -0.2) is 23.3 Å². The average Bonchev–Trinajstić information content (AvgIpc) is 2.89. The maximum absolute atomic E-state index is 11.3. The number of carbonyl (C=O) groups is 1. The first kappa shape index (κ1) is 16.6. The van der Waals surface area contributed by atoms with Gasteiger partial charge in [0.25, 0.3) is 0 Å². The molecule has 0 unspecified atom stereocenters. The number of aromatic nitrogens is 1. The zero-order chi connectivity index (χ0) is 15.9. The predicted octanol–water partition coefficient (Wildman–Crippen LogP) is 4.01. The monoisotopic (exact) mass is 319 g/mol. The molecule has 0 aliphatic carbocycles. The topological polar surface area (TPSA) is 52.3 Å². The van der Waals surface area contributed by atoms with Gasteiger partial charge in [0.15, 0.2) is 0 Å². The van der Waals surface area contributed by atoms with Gasteiger partial charge in [0.1, 0.15) is 5.76 Å². The largest absolute Gasteiger partial charge is 0.465 e. The SMILES string of the molecule is CCOC(=O)CSCc1nc(-c2ccc(CC)cc2)oc1C. The Balaban J connectivity index is 1.99. The van der Waals surface area contributed by atoms with Gasteiger partial charge in [-0.2, -0.15) is 0 Å². The fraction of sp³-hybridized carbons (Fsp3) is 0.412. The van der Waals surface area contributed by atoms with Crippen molar-refractivity contribution in [2.24, 2.45) is 0 Å². The number of esters is 1. The second-order valence-electron chi connectivity index (χ2n) is 4.87. The van der Waals surface area contributed by atoms with Crippen LogP contribution in [0.25, 0.3) is 11.5 Å². The third-order valence-corrected chi connectivity index (χ3v) is 4.18. The smallest absolute Gasteiger partial charge is 0.315 e. The minimum absolute atomic E-state index is 0.191. The van der Waals surface area contributed by atoms with E-state index in [1.165, 1.54) is 17.3 Å². The molecule has 5 heteroatoms. The number of benzene rings is 1. The number of thioether (sulfide) groups is 1. The zero-order valence-electron chi connectivity index (χ0n) is 13.2. The molecule has 2 rings (SSSR count). The fourth-order valence-corrected chi connectivity index (χ4v) is 2.82. The Morgan fingerprint density at radius 2 is 2.00 bits per heavy atom. The lowest BCUT2D eigenvalue weighted by Crippen LogP contribution is -2.06. The van der Waals surface area contributed by atoms with Crippen LogP contribution in [0.3, 0.4) is 0 Å². The number of oxazole rings is 1. The highest BCUT2D eigenvalue weighted by Gasteiger charge is 2.12. The maximum atomic E-state index is 11.3. The molecule has 1 aromatic heterocycles. The number of hydrogen-bond donors (Lipinski definition) is 0. The van der Waals surface area contributed by atoms with Crippen LogP contribution in [0.4, 0.5) is 0 Å². The summed E-state index contributed by atoms with van der Waals surface area (Å²) in [5, 5.41) is 0. The number of aryl methyl sites for hydroxylation is 2. The van der Waals surface area contributed by atoms with E-state index in [0.717, 1.165) is 23.4 Å². The van der Waals surface area contributed by atoms with Crippen LogP contribution in [0.1, 0.15) is 30.9 Å². The van der Waals surface area contributed by atoms with Gasteiger partial charge in [-0.05, 0) is 38.0 Å². The van der Waals surface area contributed by atoms with Crippen LogP contribution in [0.15, 0.2) is 28.7 Å². The van der Waals surface area contributed by atoms with Crippen molar-refractivity contribution in [3.63, 3.8) is 0 Å². The molecule has 0 saturated carbocycles. The Labute approximate surface area is 135 Å². The molecule has 1 heterocycles. The van der Waals surface area contributed by atoms with Crippen molar-refractivity contribution in [3.8, 4) is 11.5 Å². The summed E-state index contributed by atoms with van der Waals surface area (Å²) in [5.74, 6) is 2.21. The summed E-state index contributed by atoms with van der Waals surface area (Å²) in [7, 11) is 0. The normalized spacial score (nSPS) is 10.7. The first-order chi connectivity index (χ1) is 10.6. The molecule has 0 amide bonds. The van der Waals surface area contributed by atoms with Crippen molar-refractivity contribution in [2.75, 3.05) is 12.4 Å². The third-order valence-electron chi connectivity index (χ3n) is 3.27. The van der Waals surface area contributed by atoms with Crippen molar-refractivity contribution in [1.82, 2.24) is 4.98 Å². The molecule has 4 nitrogen and oxygen atoms in total. The molecule has 0 radical (unpaired) electrons. The van der Waals surface area contributed by atoms with Crippen molar-refractivity contribution in [2.45, 2.75) is 32.9 Å². The highest BCUT2D eigenvalue weighted by Crippen LogP contribution is 2.24. The Bertz CT molecular complexity index is 619. The molecule has 22 heavy (non-hydrogen) atoms. The van der Waals surface area contributed by atoms with Gasteiger partial charge in [0, 0.05) is 11.3 Å². The second kappa shape index (κ2) is 8.03. The minimum atomic E-state index is -0.191. The molecule has 0 aliphatic rings. The summed E-state index contributed by atoms with van der Waals surface area (Å²) < 4.78 is 10.6. The highest BCUT2D eigenvalue weighted by atomic mass is 32.2. The molecule has 0 saturated heterocycles. The Morgan fingerprint density at radius 1 is 1.27 bits per heavy atom. The van der Waals surface area contributed by atoms with Crippen molar-refractivity contribution in [3.05, 3.63) is 41.3 Å². The minimum Gasteiger partial charge on any atom is -0.465 e. The number of nitrogens with zero attached hydrogens (tertiary/aromatic N) is 1. The van der Waals surface area contributed by atoms with E-state index in [9.17, 15) is 4.79 Å². The number of hydrogen-bond acceptors (Lipinski definition) is 5. The zero-order valence-corrected chi connectivity index (χ0v) is 14.0. The Morgan fingerprint density at radius 3 is 2.64 bits per heavy atom. The first-order valence-electron chi connectivity index (χ1n) is 7.43. The van der Waals surface area contributed by atoms with Gasteiger partial charge in [-0.25, -0.2) is 4.98 Å². The van der Waals surface area contributed by atoms with E-state index in [0.29, 0.717) is 24.0 Å². The molecule has 1 aromatic carbocycles. The fourth-order valence-electron chi connectivity index (χ4n) is 2.00. The summed E-state index contributed by atoms with van der Waals surface area (Å²) in [6, 6.07) is 8.23. The molecule has 0 N–H and O–H groups in total. The van der Waals surface area contributed by atoms with Crippen LogP contribution in [-0.2, 0) is 21.7 Å². The molecule has 0 bridgehead atoms. The third kappa shape index (κ3) is 4.37. The summed E-state index contributed by atoms with van der Waals surface area (Å²) in [6.07, 6.45) is 1.01. The summed E-state index contributed by atoms with van der Waals surface area (Å²) in [4.78, 5) is 15.9. The van der Waals surface area contributed by atoms with E-state index in [-0.39, 0.29) is 5.97 Å². The molecular formula is C17H21NO3S. The van der Waals surface area contributed by atoms with Crippen LogP contribution in [0, 0.1) is 6.92 Å².